The van der Waals surface area contributed by atoms with Gasteiger partial charge in [-0.1, -0.05) is 17.7 Å². The molecule has 4 aliphatic rings. The van der Waals surface area contributed by atoms with Crippen molar-refractivity contribution < 1.29 is 31.2 Å². The number of carbonyl (C=O) groups excluding carboxylic acids is 2. The van der Waals surface area contributed by atoms with Crippen LogP contribution in [-0.2, 0) is 19.8 Å². The Bertz CT molecular complexity index is 2620. The number of piperazine rings is 1. The number of hydrogen-bond donors (Lipinski definition) is 2. The Kier molecular flexibility index (Phi) is 12.1. The fourth-order valence-electron chi connectivity index (χ4n) is 9.04. The van der Waals surface area contributed by atoms with Gasteiger partial charge in [-0.05, 0) is 73.9 Å². The molecule has 2 aromatic carbocycles. The van der Waals surface area contributed by atoms with E-state index in [1.807, 2.05) is 17.0 Å². The standard InChI is InChI=1S/C44H46ClF3N10O4S/c45-31-21-33(42(48)37(22-31)53-63(61,62)57-13-1-2-14-57)34-27-58(52-43(34)29-7-11-49-12-8-29)39-24-35(46)38(23-36(39)47)55-19-17-54(18-20-55)26-28-9-15-56(16-10-28)40-5-3-30(25-50-40)32-4-6-41(59)51-44(32)60/h3,5,7-8,11-12,21-25,27-28,32,53H,1-2,4,6,9-10,13-20,26H2,(H,51,59,60)/t32-/m1/s1. The van der Waals surface area contributed by atoms with E-state index in [1.54, 1.807) is 18.3 Å². The lowest BCUT2D eigenvalue weighted by Crippen LogP contribution is -2.49. The second-order valence-electron chi connectivity index (χ2n) is 16.5. The van der Waals surface area contributed by atoms with Crippen molar-refractivity contribution in [3.8, 4) is 28.1 Å². The van der Waals surface area contributed by atoms with E-state index in [1.165, 1.54) is 41.1 Å². The van der Waals surface area contributed by atoms with E-state index in [2.05, 4.69) is 34.9 Å². The van der Waals surface area contributed by atoms with Gasteiger partial charge in [0.25, 0.3) is 0 Å². The van der Waals surface area contributed by atoms with Gasteiger partial charge >= 0.3 is 10.2 Å². The number of rotatable bonds is 11. The highest BCUT2D eigenvalue weighted by atomic mass is 35.5. The minimum Gasteiger partial charge on any atom is -0.367 e. The van der Waals surface area contributed by atoms with Crippen molar-refractivity contribution in [2.45, 2.75) is 44.4 Å². The van der Waals surface area contributed by atoms with Gasteiger partial charge in [0, 0.05) is 124 Å². The summed E-state index contributed by atoms with van der Waals surface area (Å²) in [7, 11) is -4.06. The fourth-order valence-corrected chi connectivity index (χ4v) is 10.5. The Hall–Kier alpha value is -5.56. The highest BCUT2D eigenvalue weighted by Gasteiger charge is 2.31. The number of halogens is 4. The molecule has 0 radical (unpaired) electrons. The third-order valence-corrected chi connectivity index (χ3v) is 14.2. The minimum absolute atomic E-state index is 0.0521. The number of nitrogens with zero attached hydrogens (tertiary/aromatic N) is 8. The Morgan fingerprint density at radius 2 is 1.52 bits per heavy atom. The van der Waals surface area contributed by atoms with Crippen LogP contribution in [-0.4, -0.2) is 108 Å². The first-order chi connectivity index (χ1) is 30.4. The summed E-state index contributed by atoms with van der Waals surface area (Å²) in [5, 5.41) is 7.06. The van der Waals surface area contributed by atoms with E-state index in [0.29, 0.717) is 76.4 Å². The third-order valence-electron chi connectivity index (χ3n) is 12.5. The van der Waals surface area contributed by atoms with E-state index in [0.717, 1.165) is 54.6 Å². The molecule has 0 aliphatic carbocycles. The van der Waals surface area contributed by atoms with Gasteiger partial charge in [-0.15, -0.1) is 0 Å². The Labute approximate surface area is 368 Å². The van der Waals surface area contributed by atoms with E-state index in [9.17, 15) is 18.0 Å². The molecule has 19 heteroatoms. The molecule has 4 aliphatic heterocycles. The predicted molar refractivity (Wildman–Crippen MR) is 233 cm³/mol. The summed E-state index contributed by atoms with van der Waals surface area (Å²) < 4.78 is 79.5. The summed E-state index contributed by atoms with van der Waals surface area (Å²) in [6.45, 7) is 5.62. The molecule has 5 aromatic rings. The van der Waals surface area contributed by atoms with Gasteiger partial charge in [-0.2, -0.15) is 17.8 Å². The lowest BCUT2D eigenvalue weighted by Gasteiger charge is -2.40. The smallest absolute Gasteiger partial charge is 0.301 e. The van der Waals surface area contributed by atoms with Crippen LogP contribution in [0.15, 0.2) is 73.3 Å². The van der Waals surface area contributed by atoms with Crippen LogP contribution in [0.2, 0.25) is 5.02 Å². The molecule has 4 saturated heterocycles. The molecule has 330 valence electrons. The number of piperidine rings is 2. The predicted octanol–water partition coefficient (Wildman–Crippen LogP) is 6.38. The molecule has 0 bridgehead atoms. The number of carbonyl (C=O) groups is 2. The fraction of sp³-hybridized carbons (Fsp3) is 0.386. The molecule has 14 nitrogen and oxygen atoms in total. The van der Waals surface area contributed by atoms with E-state index >= 15 is 13.2 Å². The van der Waals surface area contributed by atoms with Crippen molar-refractivity contribution in [3.05, 3.63) is 101 Å². The van der Waals surface area contributed by atoms with Crippen LogP contribution < -0.4 is 19.8 Å². The first-order valence-corrected chi connectivity index (χ1v) is 23.0. The molecule has 9 rings (SSSR count). The summed E-state index contributed by atoms with van der Waals surface area (Å²) in [4.78, 5) is 39.0. The quantitative estimate of drug-likeness (QED) is 0.143. The summed E-state index contributed by atoms with van der Waals surface area (Å²) in [6.07, 6.45) is 10.3. The van der Waals surface area contributed by atoms with E-state index in [-0.39, 0.29) is 56.6 Å². The van der Waals surface area contributed by atoms with Crippen LogP contribution in [0, 0.1) is 23.4 Å². The lowest BCUT2D eigenvalue weighted by molar-refractivity contribution is -0.134. The molecule has 0 unspecified atom stereocenters. The molecule has 7 heterocycles. The molecular formula is C44H46ClF3N10O4S. The summed E-state index contributed by atoms with van der Waals surface area (Å²) in [6, 6.07) is 11.9. The topological polar surface area (TPSA) is 149 Å². The highest BCUT2D eigenvalue weighted by Crippen LogP contribution is 2.39. The molecular weight excluding hydrogens is 857 g/mol. The van der Waals surface area contributed by atoms with Gasteiger partial charge in [-0.25, -0.2) is 22.8 Å². The van der Waals surface area contributed by atoms with Crippen molar-refractivity contribution in [2.75, 3.05) is 73.4 Å². The first-order valence-electron chi connectivity index (χ1n) is 21.2. The maximum absolute atomic E-state index is 16.4. The summed E-state index contributed by atoms with van der Waals surface area (Å²) in [5.41, 5.74) is 1.21. The second-order valence-corrected chi connectivity index (χ2v) is 18.6. The zero-order valence-corrected chi connectivity index (χ0v) is 35.9. The molecule has 2 amide bonds. The van der Waals surface area contributed by atoms with Crippen LogP contribution in [0.3, 0.4) is 0 Å². The van der Waals surface area contributed by atoms with Crippen molar-refractivity contribution in [2.24, 2.45) is 5.92 Å². The van der Waals surface area contributed by atoms with Crippen molar-refractivity contribution >= 4 is 50.8 Å². The van der Waals surface area contributed by atoms with Crippen LogP contribution in [0.5, 0.6) is 0 Å². The van der Waals surface area contributed by atoms with E-state index < -0.39 is 27.7 Å². The number of amides is 2. The molecule has 0 spiro atoms. The zero-order chi connectivity index (χ0) is 43.8. The van der Waals surface area contributed by atoms with Gasteiger partial charge in [0.2, 0.25) is 11.8 Å². The minimum atomic E-state index is -4.06. The normalized spacial score (nSPS) is 19.5. The van der Waals surface area contributed by atoms with Crippen molar-refractivity contribution in [1.82, 2.24) is 34.3 Å². The highest BCUT2D eigenvalue weighted by molar-refractivity contribution is 7.90. The van der Waals surface area contributed by atoms with Gasteiger partial charge in [0.15, 0.2) is 11.6 Å². The van der Waals surface area contributed by atoms with Crippen molar-refractivity contribution in [1.29, 1.82) is 0 Å². The number of nitrogens with one attached hydrogen (secondary N) is 2. The molecule has 1 atom stereocenters. The van der Waals surface area contributed by atoms with Crippen LogP contribution in [0.4, 0.5) is 30.4 Å². The van der Waals surface area contributed by atoms with Gasteiger partial charge in [0.1, 0.15) is 23.0 Å². The molecule has 0 saturated carbocycles. The average molecular weight is 903 g/mol. The number of benzene rings is 2. The number of pyridine rings is 2. The molecule has 4 fully saturated rings. The van der Waals surface area contributed by atoms with Crippen molar-refractivity contribution in [3.63, 3.8) is 0 Å². The maximum atomic E-state index is 16.4. The monoisotopic (exact) mass is 902 g/mol. The Morgan fingerprint density at radius 3 is 2.22 bits per heavy atom. The van der Waals surface area contributed by atoms with Crippen LogP contribution in [0.25, 0.3) is 28.1 Å². The van der Waals surface area contributed by atoms with Gasteiger partial charge in [0.05, 0.1) is 17.3 Å². The summed E-state index contributed by atoms with van der Waals surface area (Å²) in [5.74, 6) is -1.81. The number of aromatic nitrogens is 4. The largest absolute Gasteiger partial charge is 0.367 e. The first kappa shape index (κ1) is 42.7. The van der Waals surface area contributed by atoms with Gasteiger partial charge < -0.3 is 9.80 Å². The Morgan fingerprint density at radius 1 is 0.810 bits per heavy atom. The summed E-state index contributed by atoms with van der Waals surface area (Å²) >= 11 is 6.44. The van der Waals surface area contributed by atoms with Crippen LogP contribution >= 0.6 is 11.6 Å². The number of imide groups is 1. The SMILES string of the molecule is O=C1CC[C@H](c2ccc(N3CCC(CN4CCN(c5cc(F)c(-n6cc(-c7cc(Cl)cc(NS(=O)(=O)N8CCCC8)c7F)c(-c7ccncc7)n6)cc5F)CC4)CC3)nc2)C(=O)N1. The number of hydrogen-bond acceptors (Lipinski definition) is 10. The van der Waals surface area contributed by atoms with E-state index in [4.69, 9.17) is 11.6 Å². The molecule has 63 heavy (non-hydrogen) atoms. The lowest BCUT2D eigenvalue weighted by atomic mass is 9.91. The second kappa shape index (κ2) is 17.9. The maximum Gasteiger partial charge on any atom is 0.301 e. The van der Waals surface area contributed by atoms with Gasteiger partial charge in [-0.3, -0.25) is 29.5 Å². The molecule has 3 aromatic heterocycles. The molecule has 2 N–H and O–H groups in total. The average Bonchev–Trinajstić information content (AvgIpc) is 3.99. The number of anilines is 3. The Balaban J connectivity index is 0.857. The van der Waals surface area contributed by atoms with Crippen LogP contribution in [0.1, 0.15) is 50.0 Å². The third kappa shape index (κ3) is 9.12. The zero-order valence-electron chi connectivity index (χ0n) is 34.3.